The number of phenols is 8. The summed E-state index contributed by atoms with van der Waals surface area (Å²) in [5.74, 6) is -7.15. The molecule has 2 atom stereocenters. The number of aromatic hydroxyl groups is 8. The second-order valence-electron chi connectivity index (χ2n) is 15.5. The van der Waals surface area contributed by atoms with Gasteiger partial charge < -0.3 is 56.0 Å². The Balaban J connectivity index is 1.52. The minimum atomic E-state index is -1.81. The van der Waals surface area contributed by atoms with Gasteiger partial charge in [0.1, 0.15) is 5.75 Å². The molecule has 0 aromatic heterocycles. The molecular weight excluding hydrogens is 759 g/mol. The highest BCUT2D eigenvalue weighted by Crippen LogP contribution is 2.58. The van der Waals surface area contributed by atoms with Gasteiger partial charge in [-0.25, -0.2) is 9.59 Å². The lowest BCUT2D eigenvalue weighted by atomic mass is 9.65. The minimum Gasteiger partial charge on any atom is -0.508 e. The molecule has 4 aromatic carbocycles. The molecule has 0 radical (unpaired) electrons. The SMILES string of the molecule is CCCCCC(=CC(=O)OC(C(=O)O)C(CNCC)c1cc(O)c(O)c(O)c1)c1cc(O)c(O)c2c1C=C(c1cc(O)c(O)cc1-c1cccc(O)c1)CC21CCCC1. The Morgan fingerprint density at radius 1 is 0.814 bits per heavy atom. The maximum absolute atomic E-state index is 14.0. The Morgan fingerprint density at radius 2 is 1.47 bits per heavy atom. The molecule has 13 nitrogen and oxygen atoms in total. The molecule has 2 aliphatic rings. The van der Waals surface area contributed by atoms with Crippen molar-refractivity contribution in [2.24, 2.45) is 0 Å². The van der Waals surface area contributed by atoms with Gasteiger partial charge in [0.15, 0.2) is 40.2 Å². The predicted molar refractivity (Wildman–Crippen MR) is 222 cm³/mol. The van der Waals surface area contributed by atoms with Crippen LogP contribution in [0.25, 0.3) is 28.3 Å². The molecule has 312 valence electrons. The molecule has 4 aromatic rings. The van der Waals surface area contributed by atoms with Crippen LogP contribution in [0.1, 0.15) is 105 Å². The van der Waals surface area contributed by atoms with Crippen molar-refractivity contribution in [2.75, 3.05) is 13.1 Å². The molecule has 59 heavy (non-hydrogen) atoms. The second kappa shape index (κ2) is 17.7. The number of hydrogen-bond acceptors (Lipinski definition) is 12. The van der Waals surface area contributed by atoms with Crippen LogP contribution in [-0.2, 0) is 19.7 Å². The van der Waals surface area contributed by atoms with Crippen molar-refractivity contribution in [1.29, 1.82) is 0 Å². The minimum absolute atomic E-state index is 0.00474. The molecular formula is C46H51NO12. The average molecular weight is 810 g/mol. The first-order valence-corrected chi connectivity index (χ1v) is 19.9. The second-order valence-corrected chi connectivity index (χ2v) is 15.5. The molecule has 1 fully saturated rings. The standard InChI is InChI=1S/C46H51NO12/c1-3-5-6-10-26(19-40(54)59-44(45(57)58)34(24-47-4-2)27-17-37(51)42(55)38(52)18-27)31-22-39(53)43(56)41-33(31)16-28(23-46(41)13-7-8-14-46)32-21-36(50)35(49)20-30(32)25-11-9-12-29(48)15-25/h9,11-12,15-22,34,44,47-53,55-56H,3-8,10,13-14,23-24H2,1-2H3,(H,57,58). The van der Waals surface area contributed by atoms with Gasteiger partial charge in [-0.2, -0.15) is 0 Å². The smallest absolute Gasteiger partial charge is 0.345 e. The summed E-state index contributed by atoms with van der Waals surface area (Å²) in [6, 6.07) is 13.0. The predicted octanol–water partition coefficient (Wildman–Crippen LogP) is 8.11. The Hall–Kier alpha value is -6.34. The number of carboxylic acids is 1. The van der Waals surface area contributed by atoms with Crippen LogP contribution in [0.15, 0.2) is 60.7 Å². The summed E-state index contributed by atoms with van der Waals surface area (Å²) >= 11 is 0. The first-order chi connectivity index (χ1) is 28.2. The van der Waals surface area contributed by atoms with Crippen LogP contribution in [-0.4, -0.2) is 77.1 Å². The number of rotatable bonds is 15. The quantitative estimate of drug-likeness (QED) is 0.0237. The first-order valence-electron chi connectivity index (χ1n) is 19.9. The molecule has 6 rings (SSSR count). The Morgan fingerprint density at radius 3 is 2.10 bits per heavy atom. The van der Waals surface area contributed by atoms with E-state index in [2.05, 4.69) is 5.32 Å². The van der Waals surface area contributed by atoms with Crippen LogP contribution in [0.5, 0.6) is 46.0 Å². The van der Waals surface area contributed by atoms with Crippen LogP contribution in [0.2, 0.25) is 0 Å². The normalized spacial score (nSPS) is 15.7. The summed E-state index contributed by atoms with van der Waals surface area (Å²) in [6.45, 7) is 4.18. The third-order valence-electron chi connectivity index (χ3n) is 11.6. The van der Waals surface area contributed by atoms with Gasteiger partial charge in [0.05, 0.1) is 0 Å². The van der Waals surface area contributed by atoms with Gasteiger partial charge >= 0.3 is 11.9 Å². The number of hydrogen-bond donors (Lipinski definition) is 10. The molecule has 0 aliphatic heterocycles. The van der Waals surface area contributed by atoms with E-state index < -0.39 is 46.6 Å². The number of carbonyl (C=O) groups is 2. The van der Waals surface area contributed by atoms with E-state index in [-0.39, 0.29) is 40.9 Å². The Labute approximate surface area is 341 Å². The number of carboxylic acid groups (broad SMARTS) is 1. The molecule has 2 unspecified atom stereocenters. The van der Waals surface area contributed by atoms with Crippen LogP contribution < -0.4 is 5.32 Å². The highest BCUT2D eigenvalue weighted by molar-refractivity contribution is 5.99. The number of likely N-dealkylation sites (N-methyl/N-ethyl adjacent to an activating group) is 1. The third kappa shape index (κ3) is 8.75. The lowest BCUT2D eigenvalue weighted by Crippen LogP contribution is -2.38. The Bertz CT molecular complexity index is 2280. The van der Waals surface area contributed by atoms with Gasteiger partial charge in [-0.05, 0) is 126 Å². The number of allylic oxidation sites excluding steroid dienone is 2. The van der Waals surface area contributed by atoms with Crippen LogP contribution >= 0.6 is 0 Å². The highest BCUT2D eigenvalue weighted by atomic mass is 16.6. The lowest BCUT2D eigenvalue weighted by molar-refractivity contribution is -0.162. The fourth-order valence-electron chi connectivity index (χ4n) is 8.71. The van der Waals surface area contributed by atoms with Crippen molar-refractivity contribution in [1.82, 2.24) is 5.32 Å². The zero-order valence-electron chi connectivity index (χ0n) is 33.0. The number of benzene rings is 4. The molecule has 13 heteroatoms. The summed E-state index contributed by atoms with van der Waals surface area (Å²) in [5.41, 5.74) is 3.73. The van der Waals surface area contributed by atoms with Crippen LogP contribution in [0, 0.1) is 0 Å². The van der Waals surface area contributed by atoms with Crippen molar-refractivity contribution in [2.45, 2.75) is 89.1 Å². The third-order valence-corrected chi connectivity index (χ3v) is 11.6. The number of esters is 1. The van der Waals surface area contributed by atoms with Gasteiger partial charge in [-0.1, -0.05) is 57.7 Å². The molecule has 0 amide bonds. The number of phenolic OH excluding ortho intramolecular Hbond substituents is 8. The fourth-order valence-corrected chi connectivity index (χ4v) is 8.71. The maximum atomic E-state index is 14.0. The van der Waals surface area contributed by atoms with Gasteiger partial charge in [0, 0.05) is 29.5 Å². The molecule has 1 spiro atoms. The van der Waals surface area contributed by atoms with Crippen molar-refractivity contribution < 1.29 is 60.3 Å². The van der Waals surface area contributed by atoms with Gasteiger partial charge in [-0.15, -0.1) is 0 Å². The van der Waals surface area contributed by atoms with E-state index in [9.17, 15) is 55.5 Å². The molecule has 1 saturated carbocycles. The molecule has 0 heterocycles. The Kier molecular flexibility index (Phi) is 12.6. The van der Waals surface area contributed by atoms with E-state index in [0.717, 1.165) is 43.4 Å². The molecule has 0 bridgehead atoms. The van der Waals surface area contributed by atoms with Gasteiger partial charge in [-0.3, -0.25) is 0 Å². The maximum Gasteiger partial charge on any atom is 0.345 e. The fraction of sp³-hybridized carbons (Fsp3) is 0.348. The average Bonchev–Trinajstić information content (AvgIpc) is 3.66. The van der Waals surface area contributed by atoms with Crippen LogP contribution in [0.4, 0.5) is 0 Å². The molecule has 10 N–H and O–H groups in total. The van der Waals surface area contributed by atoms with E-state index in [1.54, 1.807) is 25.1 Å². The molecule has 2 aliphatic carbocycles. The van der Waals surface area contributed by atoms with Crippen molar-refractivity contribution in [3.63, 3.8) is 0 Å². The topological polar surface area (TPSA) is 237 Å². The van der Waals surface area contributed by atoms with E-state index in [1.807, 2.05) is 13.0 Å². The van der Waals surface area contributed by atoms with Crippen molar-refractivity contribution >= 4 is 29.2 Å². The number of carbonyl (C=O) groups excluding carboxylic acids is 1. The van der Waals surface area contributed by atoms with E-state index >= 15 is 0 Å². The summed E-state index contributed by atoms with van der Waals surface area (Å²) < 4.78 is 5.69. The van der Waals surface area contributed by atoms with E-state index in [1.165, 1.54) is 30.3 Å². The zero-order valence-corrected chi connectivity index (χ0v) is 33.0. The van der Waals surface area contributed by atoms with E-state index in [0.29, 0.717) is 77.6 Å². The number of fused-ring (bicyclic) bond motifs is 2. The van der Waals surface area contributed by atoms with Gasteiger partial charge in [0.2, 0.25) is 6.10 Å². The van der Waals surface area contributed by atoms with Crippen LogP contribution in [0.3, 0.4) is 0 Å². The lowest BCUT2D eigenvalue weighted by Gasteiger charge is -2.38. The summed E-state index contributed by atoms with van der Waals surface area (Å²) in [6.07, 6.45) is 7.16. The molecule has 0 saturated heterocycles. The van der Waals surface area contributed by atoms with E-state index in [4.69, 9.17) is 4.74 Å². The monoisotopic (exact) mass is 809 g/mol. The van der Waals surface area contributed by atoms with Crippen molar-refractivity contribution in [3.05, 3.63) is 88.5 Å². The number of unbranched alkanes of at least 4 members (excludes halogenated alkanes) is 2. The summed E-state index contributed by atoms with van der Waals surface area (Å²) in [7, 11) is 0. The number of ether oxygens (including phenoxy) is 1. The largest absolute Gasteiger partial charge is 0.508 e. The zero-order chi connectivity index (χ0) is 42.6. The first kappa shape index (κ1) is 42.3. The number of nitrogens with one attached hydrogen (secondary N) is 1. The summed E-state index contributed by atoms with van der Waals surface area (Å²) in [5, 5.41) is 98.7. The van der Waals surface area contributed by atoms with Crippen molar-refractivity contribution in [3.8, 4) is 57.1 Å². The van der Waals surface area contributed by atoms with Gasteiger partial charge in [0.25, 0.3) is 0 Å². The highest BCUT2D eigenvalue weighted by Gasteiger charge is 2.44. The summed E-state index contributed by atoms with van der Waals surface area (Å²) in [4.78, 5) is 26.8. The number of aliphatic carboxylic acids is 1.